The summed E-state index contributed by atoms with van der Waals surface area (Å²) in [4.78, 5) is 16.6. The minimum absolute atomic E-state index is 0.0812. The molecule has 0 aliphatic rings. The van der Waals surface area contributed by atoms with Crippen molar-refractivity contribution in [3.63, 3.8) is 0 Å². The number of ketones is 1. The first kappa shape index (κ1) is 13.3. The highest BCUT2D eigenvalue weighted by Crippen LogP contribution is 2.22. The lowest BCUT2D eigenvalue weighted by atomic mass is 10.0. The van der Waals surface area contributed by atoms with Gasteiger partial charge in [-0.1, -0.05) is 42.5 Å². The molecule has 0 bridgehead atoms. The Morgan fingerprint density at radius 2 is 1.68 bits per heavy atom. The summed E-state index contributed by atoms with van der Waals surface area (Å²) >= 11 is 5.61. The van der Waals surface area contributed by atoms with E-state index in [1.807, 2.05) is 24.3 Å². The Kier molecular flexibility index (Phi) is 4.31. The minimum Gasteiger partial charge on any atom is -0.386 e. The van der Waals surface area contributed by atoms with E-state index < -0.39 is 0 Å². The summed E-state index contributed by atoms with van der Waals surface area (Å²) in [7, 11) is 0. The predicted molar refractivity (Wildman–Crippen MR) is 78.3 cm³/mol. The molecule has 4 heteroatoms. The molecule has 2 aromatic carbocycles. The number of rotatable bonds is 4. The summed E-state index contributed by atoms with van der Waals surface area (Å²) in [5.41, 5.74) is 7.29. The molecule has 2 N–H and O–H groups in total. The fourth-order valence-corrected chi connectivity index (χ4v) is 1.75. The molecule has 0 aliphatic heterocycles. The third-order valence-electron chi connectivity index (χ3n) is 2.59. The number of para-hydroxylation sites is 1. The maximum atomic E-state index is 12.4. The minimum atomic E-state index is -0.0812. The molecule has 0 amide bonds. The monoisotopic (exact) mass is 272 g/mol. The van der Waals surface area contributed by atoms with Crippen LogP contribution in [0.5, 0.6) is 0 Å². The summed E-state index contributed by atoms with van der Waals surface area (Å²) in [6, 6.07) is 16.1. The molecule has 2 rings (SSSR count). The smallest absolute Gasteiger partial charge is 0.195 e. The largest absolute Gasteiger partial charge is 0.386 e. The van der Waals surface area contributed by atoms with Gasteiger partial charge in [-0.15, -0.1) is 11.6 Å². The number of benzene rings is 2. The summed E-state index contributed by atoms with van der Waals surface area (Å²) < 4.78 is 0. The van der Waals surface area contributed by atoms with E-state index in [9.17, 15) is 4.79 Å². The number of carbonyl (C=O) groups excluding carboxylic acids is 1. The first-order valence-electron chi connectivity index (χ1n) is 5.80. The molecule has 0 radical (unpaired) electrons. The third-order valence-corrected chi connectivity index (χ3v) is 2.86. The van der Waals surface area contributed by atoms with E-state index in [0.29, 0.717) is 16.8 Å². The number of amidine groups is 1. The molecule has 19 heavy (non-hydrogen) atoms. The zero-order valence-electron chi connectivity index (χ0n) is 10.2. The second kappa shape index (κ2) is 6.16. The van der Waals surface area contributed by atoms with Crippen LogP contribution in [0.25, 0.3) is 0 Å². The molecule has 0 saturated heterocycles. The molecule has 0 atom stereocenters. The van der Waals surface area contributed by atoms with Crippen LogP contribution in [-0.2, 0) is 0 Å². The molecule has 3 nitrogen and oxygen atoms in total. The number of alkyl halides is 1. The van der Waals surface area contributed by atoms with E-state index in [2.05, 4.69) is 4.99 Å². The highest BCUT2D eigenvalue weighted by molar-refractivity contribution is 6.28. The van der Waals surface area contributed by atoms with E-state index in [-0.39, 0.29) is 17.5 Å². The first-order chi connectivity index (χ1) is 9.22. The van der Waals surface area contributed by atoms with Gasteiger partial charge in [-0.2, -0.15) is 0 Å². The van der Waals surface area contributed by atoms with Gasteiger partial charge in [-0.25, -0.2) is 4.99 Å². The Morgan fingerprint density at radius 3 is 2.37 bits per heavy atom. The van der Waals surface area contributed by atoms with E-state index in [1.165, 1.54) is 0 Å². The van der Waals surface area contributed by atoms with Crippen LogP contribution in [-0.4, -0.2) is 17.5 Å². The van der Waals surface area contributed by atoms with Crippen LogP contribution < -0.4 is 5.73 Å². The lowest BCUT2D eigenvalue weighted by Crippen LogP contribution is -2.13. The SMILES string of the molecule is NC(CCl)=Nc1ccccc1C(=O)c1ccccc1. The summed E-state index contributed by atoms with van der Waals surface area (Å²) in [5.74, 6) is 0.339. The Bertz CT molecular complexity index is 609. The van der Waals surface area contributed by atoms with Crippen LogP contribution in [0, 0.1) is 0 Å². The lowest BCUT2D eigenvalue weighted by molar-refractivity contribution is 0.103. The van der Waals surface area contributed by atoms with Crippen LogP contribution in [0.1, 0.15) is 15.9 Å². The van der Waals surface area contributed by atoms with Crippen LogP contribution in [0.3, 0.4) is 0 Å². The van der Waals surface area contributed by atoms with Crippen molar-refractivity contribution in [2.75, 3.05) is 5.88 Å². The van der Waals surface area contributed by atoms with E-state index in [4.69, 9.17) is 17.3 Å². The van der Waals surface area contributed by atoms with Crippen molar-refractivity contribution in [1.29, 1.82) is 0 Å². The summed E-state index contributed by atoms with van der Waals surface area (Å²) in [6.45, 7) is 0. The average molecular weight is 273 g/mol. The van der Waals surface area contributed by atoms with Crippen molar-refractivity contribution in [1.82, 2.24) is 0 Å². The number of hydrogen-bond acceptors (Lipinski definition) is 2. The molecule has 0 fully saturated rings. The van der Waals surface area contributed by atoms with Gasteiger partial charge in [0.15, 0.2) is 5.78 Å². The summed E-state index contributed by atoms with van der Waals surface area (Å²) in [5, 5.41) is 0. The van der Waals surface area contributed by atoms with Gasteiger partial charge in [-0.05, 0) is 12.1 Å². The Labute approximate surface area is 116 Å². The number of carbonyl (C=O) groups is 1. The van der Waals surface area contributed by atoms with Gasteiger partial charge >= 0.3 is 0 Å². The highest BCUT2D eigenvalue weighted by atomic mass is 35.5. The van der Waals surface area contributed by atoms with Crippen molar-refractivity contribution in [3.8, 4) is 0 Å². The molecule has 0 spiro atoms. The number of halogens is 1. The first-order valence-corrected chi connectivity index (χ1v) is 6.33. The van der Waals surface area contributed by atoms with Crippen molar-refractivity contribution in [2.24, 2.45) is 10.7 Å². The van der Waals surface area contributed by atoms with Crippen LogP contribution in [0.15, 0.2) is 59.6 Å². The molecular formula is C15H13ClN2O. The molecule has 0 aliphatic carbocycles. The van der Waals surface area contributed by atoms with E-state index in [1.54, 1.807) is 30.3 Å². The number of hydrogen-bond donors (Lipinski definition) is 1. The van der Waals surface area contributed by atoms with Gasteiger partial charge in [0.2, 0.25) is 0 Å². The van der Waals surface area contributed by atoms with Gasteiger partial charge in [0, 0.05) is 11.1 Å². The van der Waals surface area contributed by atoms with E-state index >= 15 is 0 Å². The molecule has 0 heterocycles. The van der Waals surface area contributed by atoms with Crippen LogP contribution in [0.4, 0.5) is 5.69 Å². The zero-order valence-corrected chi connectivity index (χ0v) is 11.0. The third kappa shape index (κ3) is 3.20. The van der Waals surface area contributed by atoms with Crippen molar-refractivity contribution >= 4 is 28.9 Å². The average Bonchev–Trinajstić information content (AvgIpc) is 2.48. The normalized spacial score (nSPS) is 11.3. The quantitative estimate of drug-likeness (QED) is 0.402. The molecule has 0 unspecified atom stereocenters. The van der Waals surface area contributed by atoms with Crippen molar-refractivity contribution < 1.29 is 4.79 Å². The molecular weight excluding hydrogens is 260 g/mol. The Morgan fingerprint density at radius 1 is 1.05 bits per heavy atom. The van der Waals surface area contributed by atoms with Gasteiger partial charge in [0.1, 0.15) is 5.84 Å². The maximum Gasteiger partial charge on any atom is 0.195 e. The summed E-state index contributed by atoms with van der Waals surface area (Å²) in [6.07, 6.45) is 0. The number of nitrogens with two attached hydrogens (primary N) is 1. The molecule has 0 aromatic heterocycles. The number of aliphatic imine (C=N–C) groups is 1. The predicted octanol–water partition coefficient (Wildman–Crippen LogP) is 3.15. The molecule has 2 aromatic rings. The fraction of sp³-hybridized carbons (Fsp3) is 0.0667. The van der Waals surface area contributed by atoms with Crippen LogP contribution >= 0.6 is 11.6 Å². The van der Waals surface area contributed by atoms with Gasteiger partial charge in [0.05, 0.1) is 11.6 Å². The fourth-order valence-electron chi connectivity index (χ4n) is 1.69. The highest BCUT2D eigenvalue weighted by Gasteiger charge is 2.12. The topological polar surface area (TPSA) is 55.4 Å². The van der Waals surface area contributed by atoms with Gasteiger partial charge < -0.3 is 5.73 Å². The molecule has 0 saturated carbocycles. The number of nitrogens with zero attached hydrogens (tertiary/aromatic N) is 1. The van der Waals surface area contributed by atoms with Crippen molar-refractivity contribution in [2.45, 2.75) is 0 Å². The zero-order chi connectivity index (χ0) is 13.7. The second-order valence-corrected chi connectivity index (χ2v) is 4.22. The van der Waals surface area contributed by atoms with Gasteiger partial charge in [-0.3, -0.25) is 4.79 Å². The van der Waals surface area contributed by atoms with E-state index in [0.717, 1.165) is 0 Å². The Balaban J connectivity index is 2.43. The lowest BCUT2D eigenvalue weighted by Gasteiger charge is -2.05. The van der Waals surface area contributed by atoms with Crippen LogP contribution in [0.2, 0.25) is 0 Å². The van der Waals surface area contributed by atoms with Crippen molar-refractivity contribution in [3.05, 3.63) is 65.7 Å². The van der Waals surface area contributed by atoms with Gasteiger partial charge in [0.25, 0.3) is 0 Å². The molecule has 96 valence electrons. The Hall–Kier alpha value is -2.13. The standard InChI is InChI=1S/C15H13ClN2O/c16-10-14(17)18-13-9-5-4-8-12(13)15(19)11-6-2-1-3-7-11/h1-9H,10H2,(H2,17,18). The second-order valence-electron chi connectivity index (χ2n) is 3.95. The maximum absolute atomic E-state index is 12.4.